The monoisotopic (exact) mass is 334 g/mol. The molecule has 4 heteroatoms. The highest BCUT2D eigenvalue weighted by Gasteiger charge is 2.32. The third-order valence-electron chi connectivity index (χ3n) is 4.55. The largest absolute Gasteiger partial charge is 0.478 e. The van der Waals surface area contributed by atoms with Crippen molar-refractivity contribution in [2.75, 3.05) is 0 Å². The number of aromatic carboxylic acids is 1. The molecule has 4 nitrogen and oxygen atoms in total. The van der Waals surface area contributed by atoms with Gasteiger partial charge >= 0.3 is 11.9 Å². The summed E-state index contributed by atoms with van der Waals surface area (Å²) in [4.78, 5) is 24.0. The second-order valence-electron chi connectivity index (χ2n) is 6.34. The van der Waals surface area contributed by atoms with E-state index in [-0.39, 0.29) is 11.1 Å². The predicted octanol–water partition coefficient (Wildman–Crippen LogP) is 5.46. The molecule has 1 rings (SSSR count). The van der Waals surface area contributed by atoms with Crippen molar-refractivity contribution in [1.82, 2.24) is 0 Å². The maximum absolute atomic E-state index is 12.7. The first-order valence-electron chi connectivity index (χ1n) is 9.05. The van der Waals surface area contributed by atoms with E-state index >= 15 is 0 Å². The zero-order valence-corrected chi connectivity index (χ0v) is 15.1. The van der Waals surface area contributed by atoms with Crippen LogP contribution in [0.15, 0.2) is 24.3 Å². The molecule has 0 radical (unpaired) electrons. The molecular weight excluding hydrogens is 304 g/mol. The Hall–Kier alpha value is -1.84. The SMILES string of the molecule is CCCCCC(CC)(CCCC)OC(=O)c1ccccc1C(=O)O. The van der Waals surface area contributed by atoms with Crippen LogP contribution in [-0.4, -0.2) is 22.6 Å². The van der Waals surface area contributed by atoms with Gasteiger partial charge < -0.3 is 9.84 Å². The number of benzene rings is 1. The molecule has 0 aromatic heterocycles. The zero-order valence-electron chi connectivity index (χ0n) is 15.1. The molecule has 1 N–H and O–H groups in total. The summed E-state index contributed by atoms with van der Waals surface area (Å²) < 4.78 is 5.91. The van der Waals surface area contributed by atoms with Crippen LogP contribution in [0.2, 0.25) is 0 Å². The standard InChI is InChI=1S/C20H30O4/c1-4-7-11-15-20(6-3,14-8-5-2)24-19(23)17-13-10-9-12-16(17)18(21)22/h9-10,12-13H,4-8,11,14-15H2,1-3H3,(H,21,22). The van der Waals surface area contributed by atoms with Crippen molar-refractivity contribution in [3.63, 3.8) is 0 Å². The molecule has 134 valence electrons. The topological polar surface area (TPSA) is 63.6 Å². The average Bonchev–Trinajstić information content (AvgIpc) is 2.59. The fourth-order valence-electron chi connectivity index (χ4n) is 2.95. The van der Waals surface area contributed by atoms with Crippen LogP contribution < -0.4 is 0 Å². The summed E-state index contributed by atoms with van der Waals surface area (Å²) in [5, 5.41) is 9.28. The van der Waals surface area contributed by atoms with Crippen LogP contribution in [0.1, 0.15) is 92.9 Å². The highest BCUT2D eigenvalue weighted by Crippen LogP contribution is 2.31. The average molecular weight is 334 g/mol. The van der Waals surface area contributed by atoms with Crippen molar-refractivity contribution in [2.45, 2.75) is 77.7 Å². The minimum Gasteiger partial charge on any atom is -0.478 e. The van der Waals surface area contributed by atoms with Crippen molar-refractivity contribution >= 4 is 11.9 Å². The molecule has 0 heterocycles. The lowest BCUT2D eigenvalue weighted by atomic mass is 9.87. The van der Waals surface area contributed by atoms with Crippen molar-refractivity contribution in [3.8, 4) is 0 Å². The third-order valence-corrected chi connectivity index (χ3v) is 4.55. The predicted molar refractivity (Wildman–Crippen MR) is 95.5 cm³/mol. The maximum Gasteiger partial charge on any atom is 0.339 e. The maximum atomic E-state index is 12.7. The normalized spacial score (nSPS) is 13.3. The van der Waals surface area contributed by atoms with Gasteiger partial charge in [-0.05, 0) is 44.2 Å². The number of carbonyl (C=O) groups excluding carboxylic acids is 1. The Kier molecular flexibility index (Phi) is 8.51. The molecule has 0 saturated heterocycles. The van der Waals surface area contributed by atoms with Gasteiger partial charge in [-0.15, -0.1) is 0 Å². The number of rotatable bonds is 11. The number of carboxylic acids is 1. The van der Waals surface area contributed by atoms with Crippen LogP contribution in [0, 0.1) is 0 Å². The molecule has 1 atom stereocenters. The second kappa shape index (κ2) is 10.1. The van der Waals surface area contributed by atoms with E-state index in [1.54, 1.807) is 12.1 Å². The van der Waals surface area contributed by atoms with Crippen LogP contribution in [0.25, 0.3) is 0 Å². The number of unbranched alkanes of at least 4 members (excludes halogenated alkanes) is 3. The highest BCUT2D eigenvalue weighted by atomic mass is 16.6. The Labute approximate surface area is 145 Å². The van der Waals surface area contributed by atoms with Crippen LogP contribution in [-0.2, 0) is 4.74 Å². The van der Waals surface area contributed by atoms with E-state index in [2.05, 4.69) is 13.8 Å². The van der Waals surface area contributed by atoms with E-state index in [1.807, 2.05) is 6.92 Å². The highest BCUT2D eigenvalue weighted by molar-refractivity contribution is 6.02. The van der Waals surface area contributed by atoms with Gasteiger partial charge in [-0.3, -0.25) is 0 Å². The number of carboxylic acid groups (broad SMARTS) is 1. The summed E-state index contributed by atoms with van der Waals surface area (Å²) in [5.74, 6) is -1.63. The van der Waals surface area contributed by atoms with Crippen molar-refractivity contribution in [2.24, 2.45) is 0 Å². The summed E-state index contributed by atoms with van der Waals surface area (Å²) in [6.45, 7) is 6.31. The molecule has 1 unspecified atom stereocenters. The van der Waals surface area contributed by atoms with E-state index in [0.29, 0.717) is 0 Å². The fraction of sp³-hybridized carbons (Fsp3) is 0.600. The van der Waals surface area contributed by atoms with Crippen LogP contribution in [0.5, 0.6) is 0 Å². The summed E-state index contributed by atoms with van der Waals surface area (Å²) >= 11 is 0. The second-order valence-corrected chi connectivity index (χ2v) is 6.34. The fourth-order valence-corrected chi connectivity index (χ4v) is 2.95. The van der Waals surface area contributed by atoms with Gasteiger partial charge in [0.1, 0.15) is 5.60 Å². The summed E-state index contributed by atoms with van der Waals surface area (Å²) in [5.41, 5.74) is -0.361. The number of hydrogen-bond acceptors (Lipinski definition) is 3. The van der Waals surface area contributed by atoms with Gasteiger partial charge in [-0.25, -0.2) is 9.59 Å². The number of carbonyl (C=O) groups is 2. The molecule has 0 fully saturated rings. The molecule has 0 aliphatic carbocycles. The molecule has 0 aliphatic heterocycles. The molecule has 0 aliphatic rings. The van der Waals surface area contributed by atoms with Crippen LogP contribution in [0.3, 0.4) is 0 Å². The Morgan fingerprint density at radius 1 is 0.958 bits per heavy atom. The zero-order chi connectivity index (χ0) is 18.0. The van der Waals surface area contributed by atoms with Crippen molar-refractivity contribution in [3.05, 3.63) is 35.4 Å². The molecule has 0 bridgehead atoms. The van der Waals surface area contributed by atoms with Gasteiger partial charge in [0.2, 0.25) is 0 Å². The first kappa shape index (κ1) is 20.2. The minimum absolute atomic E-state index is 0.00319. The van der Waals surface area contributed by atoms with E-state index in [4.69, 9.17) is 4.74 Å². The molecule has 1 aromatic rings. The van der Waals surface area contributed by atoms with Gasteiger partial charge in [0.15, 0.2) is 0 Å². The van der Waals surface area contributed by atoms with E-state index < -0.39 is 17.5 Å². The summed E-state index contributed by atoms with van der Waals surface area (Å²) in [6.07, 6.45) is 7.68. The van der Waals surface area contributed by atoms with Gasteiger partial charge in [-0.1, -0.05) is 52.2 Å². The lowest BCUT2D eigenvalue weighted by Crippen LogP contribution is -2.35. The summed E-state index contributed by atoms with van der Waals surface area (Å²) in [6, 6.07) is 6.25. The molecule has 0 spiro atoms. The van der Waals surface area contributed by atoms with Crippen molar-refractivity contribution < 1.29 is 19.4 Å². The molecule has 0 saturated carbocycles. The minimum atomic E-state index is -1.11. The van der Waals surface area contributed by atoms with Crippen LogP contribution >= 0.6 is 0 Å². The molecule has 0 amide bonds. The molecular formula is C20H30O4. The van der Waals surface area contributed by atoms with Crippen LogP contribution in [0.4, 0.5) is 0 Å². The van der Waals surface area contributed by atoms with Gasteiger partial charge in [0, 0.05) is 0 Å². The van der Waals surface area contributed by atoms with E-state index in [0.717, 1.165) is 51.4 Å². The quantitative estimate of drug-likeness (QED) is 0.431. The first-order chi connectivity index (χ1) is 11.5. The number of esters is 1. The number of hydrogen-bond donors (Lipinski definition) is 1. The first-order valence-corrected chi connectivity index (χ1v) is 9.05. The van der Waals surface area contributed by atoms with Crippen molar-refractivity contribution in [1.29, 1.82) is 0 Å². The third kappa shape index (κ3) is 5.66. The summed E-state index contributed by atoms with van der Waals surface area (Å²) in [7, 11) is 0. The Morgan fingerprint density at radius 3 is 2.08 bits per heavy atom. The Morgan fingerprint density at radius 2 is 1.54 bits per heavy atom. The molecule has 24 heavy (non-hydrogen) atoms. The van der Waals surface area contributed by atoms with Gasteiger partial charge in [0.25, 0.3) is 0 Å². The Balaban J connectivity index is 2.99. The van der Waals surface area contributed by atoms with E-state index in [1.165, 1.54) is 12.1 Å². The van der Waals surface area contributed by atoms with Gasteiger partial charge in [0.05, 0.1) is 11.1 Å². The Bertz CT molecular complexity index is 538. The lowest BCUT2D eigenvalue weighted by Gasteiger charge is -2.33. The lowest BCUT2D eigenvalue weighted by molar-refractivity contribution is -0.0322. The van der Waals surface area contributed by atoms with Gasteiger partial charge in [-0.2, -0.15) is 0 Å². The van der Waals surface area contributed by atoms with E-state index in [9.17, 15) is 14.7 Å². The molecule has 1 aromatic carbocycles. The smallest absolute Gasteiger partial charge is 0.339 e. The number of ether oxygens (including phenoxy) is 1.